The Balaban J connectivity index is 3.70. The van der Waals surface area contributed by atoms with Crippen molar-refractivity contribution in [2.24, 2.45) is 0 Å². The van der Waals surface area contributed by atoms with E-state index in [1.165, 1.54) is 0 Å². The van der Waals surface area contributed by atoms with Gasteiger partial charge in [-0.3, -0.25) is 14.9 Å². The Morgan fingerprint density at radius 2 is 1.81 bits per heavy atom. The van der Waals surface area contributed by atoms with Crippen molar-refractivity contribution >= 4 is 22.5 Å². The van der Waals surface area contributed by atoms with Crippen LogP contribution in [-0.4, -0.2) is 21.5 Å². The highest BCUT2D eigenvalue weighted by Crippen LogP contribution is 2.42. The van der Waals surface area contributed by atoms with E-state index in [2.05, 4.69) is 9.72 Å². The van der Waals surface area contributed by atoms with Crippen molar-refractivity contribution in [2.75, 3.05) is 0 Å². The van der Waals surface area contributed by atoms with Gasteiger partial charge < -0.3 is 4.74 Å². The lowest BCUT2D eigenvalue weighted by molar-refractivity contribution is -0.392. The first-order valence-corrected chi connectivity index (χ1v) is 4.93. The molecule has 0 bridgehead atoms. The molecule has 0 aromatic carbocycles. The van der Waals surface area contributed by atoms with Gasteiger partial charge in [0.05, 0.1) is 4.92 Å². The molecule has 0 amide bonds. The largest absolute Gasteiger partial charge is 0.574 e. The van der Waals surface area contributed by atoms with Gasteiger partial charge in [-0.2, -0.15) is 13.2 Å². The average molecular weight is 339 g/mol. The average Bonchev–Trinajstić information content (AvgIpc) is 2.23. The number of alkyl halides is 6. The van der Waals surface area contributed by atoms with E-state index in [0.29, 0.717) is 0 Å². The Bertz CT molecular complexity index is 600. The molecular formula is C8HClF6N2O4. The zero-order valence-corrected chi connectivity index (χ0v) is 10.0. The number of carbonyl (C=O) groups excluding carboxylic acids is 1. The first-order chi connectivity index (χ1) is 9.33. The van der Waals surface area contributed by atoms with Gasteiger partial charge in [0.15, 0.2) is 0 Å². The fourth-order valence-corrected chi connectivity index (χ4v) is 1.29. The Morgan fingerprint density at radius 3 is 2.14 bits per heavy atom. The minimum atomic E-state index is -5.56. The number of carbonyl (C=O) groups is 1. The molecule has 0 fully saturated rings. The number of aromatic nitrogens is 1. The number of pyridine rings is 1. The van der Waals surface area contributed by atoms with Gasteiger partial charge in [0.2, 0.25) is 0 Å². The highest BCUT2D eigenvalue weighted by molar-refractivity contribution is 6.67. The molecule has 0 atom stereocenters. The molecule has 0 saturated heterocycles. The second-order valence-corrected chi connectivity index (χ2v) is 3.63. The second kappa shape index (κ2) is 5.35. The van der Waals surface area contributed by atoms with Gasteiger partial charge in [0.25, 0.3) is 5.24 Å². The van der Waals surface area contributed by atoms with Gasteiger partial charge in [-0.05, 0) is 17.7 Å². The minimum Gasteiger partial charge on any atom is -0.381 e. The molecule has 116 valence electrons. The van der Waals surface area contributed by atoms with Crippen LogP contribution >= 0.6 is 11.6 Å². The van der Waals surface area contributed by atoms with Crippen LogP contribution in [0.4, 0.5) is 32.0 Å². The number of halogens is 7. The summed E-state index contributed by atoms with van der Waals surface area (Å²) in [5, 5.41) is 8.91. The summed E-state index contributed by atoms with van der Waals surface area (Å²) in [6.07, 6.45) is -11.0. The van der Waals surface area contributed by atoms with Crippen molar-refractivity contribution in [1.29, 1.82) is 0 Å². The molecule has 0 aliphatic heterocycles. The van der Waals surface area contributed by atoms with Crippen molar-refractivity contribution in [3.05, 3.63) is 27.4 Å². The van der Waals surface area contributed by atoms with E-state index in [1.807, 2.05) is 0 Å². The SMILES string of the molecule is O=C(Cl)c1cc(C(F)(F)F)c([N+](=O)[O-])c(OC(F)(F)F)n1. The van der Waals surface area contributed by atoms with Gasteiger partial charge in [0.1, 0.15) is 11.3 Å². The monoisotopic (exact) mass is 338 g/mol. The maximum Gasteiger partial charge on any atom is 0.574 e. The molecule has 6 nitrogen and oxygen atoms in total. The van der Waals surface area contributed by atoms with Crippen LogP contribution < -0.4 is 4.74 Å². The number of nitro groups is 1. The molecule has 1 aromatic heterocycles. The van der Waals surface area contributed by atoms with Crippen molar-refractivity contribution in [1.82, 2.24) is 4.98 Å². The Hall–Kier alpha value is -2.11. The van der Waals surface area contributed by atoms with Crippen molar-refractivity contribution in [3.8, 4) is 5.88 Å². The van der Waals surface area contributed by atoms with E-state index < -0.39 is 45.5 Å². The van der Waals surface area contributed by atoms with E-state index in [9.17, 15) is 41.3 Å². The van der Waals surface area contributed by atoms with Crippen LogP contribution in [0.3, 0.4) is 0 Å². The van der Waals surface area contributed by atoms with Crippen LogP contribution in [0.15, 0.2) is 6.07 Å². The Labute approximate surface area is 115 Å². The molecule has 1 aromatic rings. The van der Waals surface area contributed by atoms with E-state index in [-0.39, 0.29) is 6.07 Å². The number of ether oxygens (including phenoxy) is 1. The van der Waals surface area contributed by atoms with Gasteiger partial charge in [-0.1, -0.05) is 0 Å². The Kier molecular flexibility index (Phi) is 4.32. The summed E-state index contributed by atoms with van der Waals surface area (Å²) in [5.41, 5.74) is -5.51. The lowest BCUT2D eigenvalue weighted by Gasteiger charge is -2.13. The zero-order valence-electron chi connectivity index (χ0n) is 9.25. The van der Waals surface area contributed by atoms with Crippen LogP contribution in [0.5, 0.6) is 5.88 Å². The smallest absolute Gasteiger partial charge is 0.381 e. The van der Waals surface area contributed by atoms with Crippen LogP contribution in [0.2, 0.25) is 0 Å². The van der Waals surface area contributed by atoms with Gasteiger partial charge in [-0.25, -0.2) is 4.98 Å². The molecule has 1 heterocycles. The molecule has 0 aliphatic rings. The first kappa shape index (κ1) is 16.9. The summed E-state index contributed by atoms with van der Waals surface area (Å²) in [6, 6.07) is -0.142. The van der Waals surface area contributed by atoms with Crippen molar-refractivity contribution < 1.29 is 40.8 Å². The van der Waals surface area contributed by atoms with E-state index >= 15 is 0 Å². The molecular weight excluding hydrogens is 338 g/mol. The van der Waals surface area contributed by atoms with Crippen molar-refractivity contribution in [3.63, 3.8) is 0 Å². The van der Waals surface area contributed by atoms with E-state index in [0.717, 1.165) is 0 Å². The molecule has 21 heavy (non-hydrogen) atoms. The van der Waals surface area contributed by atoms with Gasteiger partial charge >= 0.3 is 24.1 Å². The number of rotatable bonds is 3. The lowest BCUT2D eigenvalue weighted by atomic mass is 10.2. The summed E-state index contributed by atoms with van der Waals surface area (Å²) in [5.74, 6) is -2.04. The summed E-state index contributed by atoms with van der Waals surface area (Å²) in [4.78, 5) is 22.2. The first-order valence-electron chi connectivity index (χ1n) is 4.55. The number of nitrogens with zero attached hydrogens (tertiary/aromatic N) is 2. The van der Waals surface area contributed by atoms with Crippen LogP contribution in [0.1, 0.15) is 16.1 Å². The molecule has 0 aliphatic carbocycles. The lowest BCUT2D eigenvalue weighted by Crippen LogP contribution is -2.21. The summed E-state index contributed by atoms with van der Waals surface area (Å²) in [6.45, 7) is 0. The molecule has 0 unspecified atom stereocenters. The third-order valence-corrected chi connectivity index (χ3v) is 2.06. The zero-order chi connectivity index (χ0) is 16.6. The number of hydrogen-bond acceptors (Lipinski definition) is 5. The van der Waals surface area contributed by atoms with Crippen molar-refractivity contribution in [2.45, 2.75) is 12.5 Å². The molecule has 0 spiro atoms. The number of hydrogen-bond donors (Lipinski definition) is 0. The maximum atomic E-state index is 12.6. The maximum absolute atomic E-state index is 12.6. The topological polar surface area (TPSA) is 82.3 Å². The predicted molar refractivity (Wildman–Crippen MR) is 52.8 cm³/mol. The predicted octanol–water partition coefficient (Wildman–Crippen LogP) is 3.29. The minimum absolute atomic E-state index is 0.142. The third-order valence-electron chi connectivity index (χ3n) is 1.86. The normalized spacial score (nSPS) is 12.1. The molecule has 0 radical (unpaired) electrons. The third kappa shape index (κ3) is 4.18. The second-order valence-electron chi connectivity index (χ2n) is 3.29. The van der Waals surface area contributed by atoms with Crippen LogP contribution in [0.25, 0.3) is 0 Å². The van der Waals surface area contributed by atoms with Crippen LogP contribution in [-0.2, 0) is 6.18 Å². The van der Waals surface area contributed by atoms with Gasteiger partial charge in [-0.15, -0.1) is 13.2 Å². The van der Waals surface area contributed by atoms with Gasteiger partial charge in [0, 0.05) is 0 Å². The Morgan fingerprint density at radius 1 is 1.29 bits per heavy atom. The molecule has 13 heteroatoms. The molecule has 0 N–H and O–H groups in total. The molecule has 0 saturated carbocycles. The summed E-state index contributed by atoms with van der Waals surface area (Å²) in [7, 11) is 0. The molecule has 1 rings (SSSR count). The van der Waals surface area contributed by atoms with E-state index in [4.69, 9.17) is 11.6 Å². The summed E-state index contributed by atoms with van der Waals surface area (Å²) >= 11 is 4.82. The standard InChI is InChI=1S/C8HClF6N2O4/c9-5(18)3-1-2(7(10,11)12)4(17(19)20)6(16-3)21-8(13,14)15/h1H. The highest BCUT2D eigenvalue weighted by Gasteiger charge is 2.45. The summed E-state index contributed by atoms with van der Waals surface area (Å²) < 4.78 is 77.2. The quantitative estimate of drug-likeness (QED) is 0.365. The highest BCUT2D eigenvalue weighted by atomic mass is 35.5. The fraction of sp³-hybridized carbons (Fsp3) is 0.250. The fourth-order valence-electron chi connectivity index (χ4n) is 1.19. The van der Waals surface area contributed by atoms with E-state index in [1.54, 1.807) is 0 Å². The van der Waals surface area contributed by atoms with Crippen LogP contribution in [0, 0.1) is 10.1 Å².